The number of methoxy groups -OCH3 is 1. The normalized spacial score (nSPS) is 11.8. The molecule has 0 aliphatic heterocycles. The molecule has 188 valence electrons. The van der Waals surface area contributed by atoms with Crippen LogP contribution in [0.25, 0.3) is 0 Å². The van der Waals surface area contributed by atoms with Gasteiger partial charge in [0, 0.05) is 17.2 Å². The molecule has 0 amide bonds. The van der Waals surface area contributed by atoms with Gasteiger partial charge in [0.2, 0.25) is 6.10 Å². The molecule has 0 heterocycles. The molecule has 37 heavy (non-hydrogen) atoms. The van der Waals surface area contributed by atoms with Gasteiger partial charge in [-0.2, -0.15) is 8.42 Å². The summed E-state index contributed by atoms with van der Waals surface area (Å²) in [5.41, 5.74) is 1.78. The third-order valence-electron chi connectivity index (χ3n) is 5.53. The number of carbonyl (C=O) groups excluding carboxylic acids is 2. The van der Waals surface area contributed by atoms with Gasteiger partial charge in [-0.1, -0.05) is 78.4 Å². The first kappa shape index (κ1) is 25.7. The van der Waals surface area contributed by atoms with Crippen molar-refractivity contribution in [1.29, 1.82) is 0 Å². The molecule has 0 N–H and O–H groups in total. The largest absolute Gasteiger partial charge is 0.497 e. The second-order valence-electron chi connectivity index (χ2n) is 8.14. The molecule has 0 saturated heterocycles. The summed E-state index contributed by atoms with van der Waals surface area (Å²) in [7, 11) is -2.97. The van der Waals surface area contributed by atoms with E-state index in [-0.39, 0.29) is 22.0 Å². The maximum Gasteiger partial charge on any atom is 0.367 e. The van der Waals surface area contributed by atoms with Gasteiger partial charge in [0.15, 0.2) is 5.78 Å². The van der Waals surface area contributed by atoms with Crippen LogP contribution in [0.3, 0.4) is 0 Å². The Balaban J connectivity index is 1.72. The van der Waals surface area contributed by atoms with Crippen molar-refractivity contribution in [3.05, 3.63) is 125 Å². The van der Waals surface area contributed by atoms with Crippen molar-refractivity contribution in [3.63, 3.8) is 0 Å². The second kappa shape index (κ2) is 11.1. The molecule has 1 atom stereocenters. The van der Waals surface area contributed by atoms with Gasteiger partial charge < -0.3 is 13.7 Å². The summed E-state index contributed by atoms with van der Waals surface area (Å²) in [6, 6.07) is 27.4. The van der Waals surface area contributed by atoms with E-state index in [1.807, 2.05) is 6.92 Å². The van der Waals surface area contributed by atoms with E-state index in [1.54, 1.807) is 78.9 Å². The van der Waals surface area contributed by atoms with Crippen LogP contribution >= 0.6 is 0 Å². The SMILES string of the molecule is COc1ccc(C(=O)c2ccccc2)c(OC(C(=O)OS(=O)(=O)c2ccc(C)cc2)c2ccccc2)c1. The number of benzene rings is 4. The molecule has 0 bridgehead atoms. The van der Waals surface area contributed by atoms with Crippen molar-refractivity contribution < 1.29 is 31.7 Å². The van der Waals surface area contributed by atoms with Crippen LogP contribution < -0.4 is 9.47 Å². The maximum atomic E-state index is 13.3. The zero-order valence-electron chi connectivity index (χ0n) is 20.2. The number of ether oxygens (including phenoxy) is 2. The molecule has 7 nitrogen and oxygen atoms in total. The van der Waals surface area contributed by atoms with Crippen LogP contribution in [0.5, 0.6) is 11.5 Å². The lowest BCUT2D eigenvalue weighted by Crippen LogP contribution is -2.25. The molecule has 0 spiro atoms. The van der Waals surface area contributed by atoms with Gasteiger partial charge in [0.25, 0.3) is 0 Å². The maximum absolute atomic E-state index is 13.3. The van der Waals surface area contributed by atoms with E-state index >= 15 is 0 Å². The molecular weight excluding hydrogens is 492 g/mol. The van der Waals surface area contributed by atoms with Gasteiger partial charge in [0.1, 0.15) is 16.4 Å². The molecule has 4 rings (SSSR count). The third-order valence-corrected chi connectivity index (χ3v) is 6.77. The number of ketones is 1. The highest BCUT2D eigenvalue weighted by Gasteiger charge is 2.31. The predicted octanol–water partition coefficient (Wildman–Crippen LogP) is 5.29. The average molecular weight is 517 g/mol. The van der Waals surface area contributed by atoms with Crippen molar-refractivity contribution in [1.82, 2.24) is 0 Å². The van der Waals surface area contributed by atoms with Crippen LogP contribution in [0.1, 0.15) is 33.2 Å². The molecule has 0 aliphatic rings. The Morgan fingerprint density at radius 1 is 0.784 bits per heavy atom. The standard InChI is InChI=1S/C29H24O7S/c1-20-13-16-24(17-14-20)37(32,33)36-29(31)28(22-11-7-4-8-12-22)35-26-19-23(34-2)15-18-25(26)27(30)21-9-5-3-6-10-21/h3-19,28H,1-2H3. The Morgan fingerprint density at radius 3 is 2.03 bits per heavy atom. The summed E-state index contributed by atoms with van der Waals surface area (Å²) in [6.07, 6.45) is -1.49. The predicted molar refractivity (Wildman–Crippen MR) is 137 cm³/mol. The van der Waals surface area contributed by atoms with Crippen molar-refractivity contribution >= 4 is 21.9 Å². The van der Waals surface area contributed by atoms with Crippen LogP contribution in [-0.2, 0) is 19.1 Å². The second-order valence-corrected chi connectivity index (χ2v) is 9.68. The van der Waals surface area contributed by atoms with Gasteiger partial charge in [-0.25, -0.2) is 4.79 Å². The van der Waals surface area contributed by atoms with Crippen LogP contribution in [0.4, 0.5) is 0 Å². The van der Waals surface area contributed by atoms with Crippen LogP contribution in [0, 0.1) is 6.92 Å². The highest BCUT2D eigenvalue weighted by molar-refractivity contribution is 7.87. The van der Waals surface area contributed by atoms with E-state index in [0.717, 1.165) is 5.56 Å². The smallest absolute Gasteiger partial charge is 0.367 e. The summed E-state index contributed by atoms with van der Waals surface area (Å²) in [4.78, 5) is 26.4. The van der Waals surface area contributed by atoms with Gasteiger partial charge in [-0.15, -0.1) is 0 Å². The minimum atomic E-state index is -4.43. The topological polar surface area (TPSA) is 96.0 Å². The number of hydrogen-bond donors (Lipinski definition) is 0. The number of aryl methyl sites for hydroxylation is 1. The first-order valence-electron chi connectivity index (χ1n) is 11.3. The quantitative estimate of drug-likeness (QED) is 0.220. The van der Waals surface area contributed by atoms with Crippen molar-refractivity contribution in [3.8, 4) is 11.5 Å². The molecule has 0 fully saturated rings. The number of carbonyl (C=O) groups is 2. The minimum absolute atomic E-state index is 0.0340. The first-order chi connectivity index (χ1) is 17.8. The fraction of sp³-hybridized carbons (Fsp3) is 0.103. The minimum Gasteiger partial charge on any atom is -0.497 e. The summed E-state index contributed by atoms with van der Waals surface area (Å²) in [5, 5.41) is 0. The summed E-state index contributed by atoms with van der Waals surface area (Å²) < 4.78 is 42.0. The van der Waals surface area contributed by atoms with E-state index in [9.17, 15) is 18.0 Å². The molecule has 4 aromatic rings. The third kappa shape index (κ3) is 6.05. The Bertz CT molecular complexity index is 1500. The number of rotatable bonds is 9. The van der Waals surface area contributed by atoms with Crippen molar-refractivity contribution in [2.45, 2.75) is 17.9 Å². The lowest BCUT2D eigenvalue weighted by Gasteiger charge is -2.20. The monoisotopic (exact) mass is 516 g/mol. The Hall–Kier alpha value is -4.43. The lowest BCUT2D eigenvalue weighted by atomic mass is 10.0. The van der Waals surface area contributed by atoms with Crippen molar-refractivity contribution in [2.75, 3.05) is 7.11 Å². The fourth-order valence-corrected chi connectivity index (χ4v) is 4.44. The van der Waals surface area contributed by atoms with E-state index in [2.05, 4.69) is 0 Å². The summed E-state index contributed by atoms with van der Waals surface area (Å²) in [6.45, 7) is 1.81. The summed E-state index contributed by atoms with van der Waals surface area (Å²) >= 11 is 0. The van der Waals surface area contributed by atoms with Gasteiger partial charge in [-0.3, -0.25) is 4.79 Å². The van der Waals surface area contributed by atoms with Crippen molar-refractivity contribution in [2.24, 2.45) is 0 Å². The molecule has 4 aromatic carbocycles. The van der Waals surface area contributed by atoms with Gasteiger partial charge in [-0.05, 0) is 31.2 Å². The Morgan fingerprint density at radius 2 is 1.41 bits per heavy atom. The highest BCUT2D eigenvalue weighted by Crippen LogP contribution is 2.32. The van der Waals surface area contributed by atoms with Crippen LogP contribution in [-0.4, -0.2) is 27.3 Å². The molecule has 1 unspecified atom stereocenters. The Labute approximate surface area is 215 Å². The van der Waals surface area contributed by atoms with Gasteiger partial charge in [0.05, 0.1) is 12.7 Å². The summed E-state index contributed by atoms with van der Waals surface area (Å²) in [5.74, 6) is -1.09. The zero-order chi connectivity index (χ0) is 26.4. The van der Waals surface area contributed by atoms with E-state index in [4.69, 9.17) is 13.7 Å². The molecule has 0 saturated carbocycles. The molecular formula is C29H24O7S. The van der Waals surface area contributed by atoms with Crippen LogP contribution in [0.15, 0.2) is 108 Å². The number of hydrogen-bond acceptors (Lipinski definition) is 7. The average Bonchev–Trinajstić information content (AvgIpc) is 2.92. The van der Waals surface area contributed by atoms with Gasteiger partial charge >= 0.3 is 16.1 Å². The zero-order valence-corrected chi connectivity index (χ0v) is 21.0. The molecule has 8 heteroatoms. The molecule has 0 radical (unpaired) electrons. The van der Waals surface area contributed by atoms with E-state index in [1.165, 1.54) is 31.4 Å². The lowest BCUT2D eigenvalue weighted by molar-refractivity contribution is -0.142. The fourth-order valence-electron chi connectivity index (χ4n) is 3.57. The highest BCUT2D eigenvalue weighted by atomic mass is 32.2. The molecule has 0 aromatic heterocycles. The van der Waals surface area contributed by atoms with E-state index < -0.39 is 22.2 Å². The Kier molecular flexibility index (Phi) is 7.69. The first-order valence-corrected chi connectivity index (χ1v) is 12.7. The van der Waals surface area contributed by atoms with Crippen LogP contribution in [0.2, 0.25) is 0 Å². The molecule has 0 aliphatic carbocycles. The van der Waals surface area contributed by atoms with E-state index in [0.29, 0.717) is 16.9 Å².